The zero-order valence-electron chi connectivity index (χ0n) is 28.1. The molecule has 0 unspecified atom stereocenters. The van der Waals surface area contributed by atoms with Gasteiger partial charge in [0.15, 0.2) is 0 Å². The minimum Gasteiger partial charge on any atom is -0.383 e. The number of fused-ring (bicyclic) bond motifs is 5. The van der Waals surface area contributed by atoms with Gasteiger partial charge in [0.2, 0.25) is 0 Å². The van der Waals surface area contributed by atoms with Crippen LogP contribution in [0.3, 0.4) is 0 Å². The van der Waals surface area contributed by atoms with Gasteiger partial charge in [-0.2, -0.15) is 0 Å². The molecule has 0 saturated carbocycles. The maximum Gasteiger partial charge on any atom is 0.132 e. The van der Waals surface area contributed by atoms with Crippen LogP contribution in [0.2, 0.25) is 0 Å². The molecule has 0 aliphatic heterocycles. The lowest BCUT2D eigenvalue weighted by molar-refractivity contribution is 1.13. The highest BCUT2D eigenvalue weighted by Crippen LogP contribution is 2.42. The number of nitrogens with two attached hydrogens (primary N) is 1. The Balaban J connectivity index is 1.25. The smallest absolute Gasteiger partial charge is 0.132 e. The molecule has 0 radical (unpaired) electrons. The van der Waals surface area contributed by atoms with Crippen molar-refractivity contribution in [3.63, 3.8) is 0 Å². The Hall–Kier alpha value is -7.25. The minimum atomic E-state index is 0.301. The van der Waals surface area contributed by atoms with Crippen molar-refractivity contribution < 1.29 is 0 Å². The van der Waals surface area contributed by atoms with Gasteiger partial charge in [-0.25, -0.2) is 4.99 Å². The van der Waals surface area contributed by atoms with E-state index in [9.17, 15) is 0 Å². The van der Waals surface area contributed by atoms with E-state index in [4.69, 9.17) is 11.1 Å². The molecule has 7 heteroatoms. The molecule has 0 aliphatic carbocycles. The third-order valence-electron chi connectivity index (χ3n) is 9.60. The van der Waals surface area contributed by atoms with E-state index < -0.39 is 0 Å². The monoisotopic (exact) mass is 671 g/mol. The number of aromatic nitrogens is 3. The molecule has 0 atom stereocenters. The second kappa shape index (κ2) is 12.9. The number of aliphatic imine (C=N–C) groups is 1. The Labute approximate surface area is 300 Å². The van der Waals surface area contributed by atoms with E-state index in [0.29, 0.717) is 5.84 Å². The molecule has 3 heterocycles. The summed E-state index contributed by atoms with van der Waals surface area (Å²) in [6.45, 7) is 0. The molecule has 9 aromatic rings. The van der Waals surface area contributed by atoms with Crippen molar-refractivity contribution in [2.45, 2.75) is 0 Å². The fourth-order valence-electron chi connectivity index (χ4n) is 7.20. The third-order valence-corrected chi connectivity index (χ3v) is 9.60. The number of nitrogens with one attached hydrogen (secondary N) is 1. The summed E-state index contributed by atoms with van der Waals surface area (Å²) in [5, 5.41) is 10.9. The quantitative estimate of drug-likeness (QED) is 0.124. The normalized spacial score (nSPS) is 11.7. The minimum absolute atomic E-state index is 0.301. The van der Waals surface area contributed by atoms with Crippen LogP contribution in [0.15, 0.2) is 181 Å². The van der Waals surface area contributed by atoms with Crippen molar-refractivity contribution in [1.82, 2.24) is 14.1 Å². The molecular formula is C45H33N7. The zero-order valence-corrected chi connectivity index (χ0v) is 28.1. The number of anilines is 3. The van der Waals surface area contributed by atoms with Gasteiger partial charge >= 0.3 is 0 Å². The average molecular weight is 672 g/mol. The number of hydrogen-bond acceptors (Lipinski definition) is 3. The second-order valence-electron chi connectivity index (χ2n) is 12.6. The van der Waals surface area contributed by atoms with Gasteiger partial charge in [0.25, 0.3) is 0 Å². The molecule has 52 heavy (non-hydrogen) atoms. The van der Waals surface area contributed by atoms with E-state index in [1.807, 2.05) is 54.7 Å². The highest BCUT2D eigenvalue weighted by Gasteiger charge is 2.20. The first-order valence-corrected chi connectivity index (χ1v) is 17.1. The Kier molecular flexibility index (Phi) is 7.63. The van der Waals surface area contributed by atoms with E-state index in [1.165, 1.54) is 16.3 Å². The van der Waals surface area contributed by atoms with Gasteiger partial charge in [0.05, 0.1) is 22.2 Å². The summed E-state index contributed by atoms with van der Waals surface area (Å²) in [4.78, 5) is 10.8. The molecular weight excluding hydrogens is 639 g/mol. The molecule has 0 amide bonds. The Bertz CT molecular complexity index is 2730. The first-order valence-electron chi connectivity index (χ1n) is 17.1. The number of pyridine rings is 1. The van der Waals surface area contributed by atoms with Gasteiger partial charge in [-0.1, -0.05) is 60.7 Å². The third kappa shape index (κ3) is 5.28. The van der Waals surface area contributed by atoms with Crippen molar-refractivity contribution in [1.29, 1.82) is 5.41 Å². The molecule has 9 rings (SSSR count). The summed E-state index contributed by atoms with van der Waals surface area (Å²) >= 11 is 0. The summed E-state index contributed by atoms with van der Waals surface area (Å²) in [6.07, 6.45) is 4.94. The molecule has 0 bridgehead atoms. The number of para-hydroxylation sites is 2. The van der Waals surface area contributed by atoms with Crippen LogP contribution >= 0.6 is 0 Å². The van der Waals surface area contributed by atoms with Gasteiger partial charge in [0, 0.05) is 68.1 Å². The van der Waals surface area contributed by atoms with Crippen LogP contribution in [-0.2, 0) is 0 Å². The Morgan fingerprint density at radius 2 is 1.27 bits per heavy atom. The molecule has 0 aliphatic rings. The first-order chi connectivity index (χ1) is 25.7. The number of hydrogen-bond donors (Lipinski definition) is 2. The maximum absolute atomic E-state index is 7.35. The Morgan fingerprint density at radius 1 is 0.615 bits per heavy atom. The summed E-state index contributed by atoms with van der Waals surface area (Å²) in [5.41, 5.74) is 17.5. The molecule has 0 spiro atoms. The topological polar surface area (TPSA) is 88.2 Å². The zero-order chi connectivity index (χ0) is 35.0. The van der Waals surface area contributed by atoms with Gasteiger partial charge in [-0.15, -0.1) is 0 Å². The number of benzene rings is 6. The highest BCUT2D eigenvalue weighted by atomic mass is 15.1. The summed E-state index contributed by atoms with van der Waals surface area (Å²) in [7, 11) is 0. The predicted molar refractivity (Wildman–Crippen MR) is 215 cm³/mol. The summed E-state index contributed by atoms with van der Waals surface area (Å²) in [6, 6.07) is 56.9. The lowest BCUT2D eigenvalue weighted by Crippen LogP contribution is -2.14. The lowest BCUT2D eigenvalue weighted by atomic mass is 10.1. The number of nitrogens with zero attached hydrogens (tertiary/aromatic N) is 5. The van der Waals surface area contributed by atoms with Crippen molar-refractivity contribution in [3.05, 3.63) is 182 Å². The van der Waals surface area contributed by atoms with Crippen molar-refractivity contribution in [2.24, 2.45) is 10.7 Å². The van der Waals surface area contributed by atoms with Crippen LogP contribution in [0.25, 0.3) is 55.3 Å². The molecule has 6 aromatic carbocycles. The van der Waals surface area contributed by atoms with Crippen LogP contribution in [0.4, 0.5) is 17.1 Å². The van der Waals surface area contributed by atoms with Crippen LogP contribution in [0.1, 0.15) is 5.56 Å². The summed E-state index contributed by atoms with van der Waals surface area (Å²) < 4.78 is 4.64. The van der Waals surface area contributed by atoms with Gasteiger partial charge in [-0.05, 0) is 103 Å². The predicted octanol–water partition coefficient (Wildman–Crippen LogP) is 10.6. The number of rotatable bonds is 8. The van der Waals surface area contributed by atoms with Crippen LogP contribution in [0.5, 0.6) is 0 Å². The molecule has 7 nitrogen and oxygen atoms in total. The molecule has 3 aromatic heterocycles. The lowest BCUT2D eigenvalue weighted by Gasteiger charge is -2.26. The first kappa shape index (κ1) is 30.8. The Morgan fingerprint density at radius 3 is 1.96 bits per heavy atom. The molecule has 248 valence electrons. The van der Waals surface area contributed by atoms with E-state index >= 15 is 0 Å². The SMILES string of the molecule is N=CN=C(N)c1ccc(N(c2ccc(-c3ccccn3)cc2)c2ccc3c(c2)c2ccc4c(ccn4-c4ccccc4)c2n3-c2ccccc2)cc1. The van der Waals surface area contributed by atoms with Crippen LogP contribution in [-0.4, -0.2) is 26.3 Å². The number of amidine groups is 1. The maximum atomic E-state index is 7.35. The van der Waals surface area contributed by atoms with Gasteiger partial charge in [0.1, 0.15) is 12.2 Å². The van der Waals surface area contributed by atoms with Gasteiger partial charge < -0.3 is 19.8 Å². The largest absolute Gasteiger partial charge is 0.383 e. The fraction of sp³-hybridized carbons (Fsp3) is 0. The van der Waals surface area contributed by atoms with Crippen molar-refractivity contribution in [2.75, 3.05) is 4.90 Å². The van der Waals surface area contributed by atoms with Crippen LogP contribution < -0.4 is 10.6 Å². The standard InChI is InChI=1S/C45H33N7/c46-30-49-45(47)32-16-20-36(21-17-32)51(35-18-14-31(15-19-35)41-13-7-8-27-48-41)37-22-24-43-40(29-37)38-23-25-42-39(26-28-50(42)33-9-3-1-4-10-33)44(38)52(43)34-11-5-2-6-12-34/h1-30H,(H3,46,47,49). The highest BCUT2D eigenvalue weighted by molar-refractivity contribution is 6.19. The van der Waals surface area contributed by atoms with E-state index in [1.54, 1.807) is 0 Å². The van der Waals surface area contributed by atoms with Crippen molar-refractivity contribution in [3.8, 4) is 22.6 Å². The fourth-order valence-corrected chi connectivity index (χ4v) is 7.20. The molecule has 3 N–H and O–H groups in total. The average Bonchev–Trinajstić information content (AvgIpc) is 3.79. The van der Waals surface area contributed by atoms with E-state index in [2.05, 4.69) is 145 Å². The van der Waals surface area contributed by atoms with Gasteiger partial charge in [-0.3, -0.25) is 10.4 Å². The second-order valence-corrected chi connectivity index (χ2v) is 12.6. The van der Waals surface area contributed by atoms with E-state index in [-0.39, 0.29) is 0 Å². The van der Waals surface area contributed by atoms with E-state index in [0.717, 1.165) is 68.0 Å². The van der Waals surface area contributed by atoms with Crippen molar-refractivity contribution >= 4 is 61.9 Å². The molecule has 0 fully saturated rings. The van der Waals surface area contributed by atoms with Crippen LogP contribution in [0, 0.1) is 5.41 Å². The summed E-state index contributed by atoms with van der Waals surface area (Å²) in [5.74, 6) is 0.301. The molecule has 0 saturated heterocycles.